The normalized spacial score (nSPS) is 27.3. The Labute approximate surface area is 118 Å². The Morgan fingerprint density at radius 3 is 2.68 bits per heavy atom. The van der Waals surface area contributed by atoms with E-state index in [1.54, 1.807) is 0 Å². The van der Waals surface area contributed by atoms with Crippen molar-refractivity contribution in [3.8, 4) is 0 Å². The molecule has 2 heterocycles. The standard InChI is InChI=1S/C15H31N3O/c1-4-17(14-5-7-16-8-6-14)11-15-12-18(13(2)3)9-10-19-15/h13-16H,4-12H2,1-3H3. The van der Waals surface area contributed by atoms with E-state index < -0.39 is 0 Å². The third kappa shape index (κ3) is 4.42. The maximum absolute atomic E-state index is 5.98. The monoisotopic (exact) mass is 269 g/mol. The molecule has 2 fully saturated rings. The van der Waals surface area contributed by atoms with Crippen LogP contribution in [-0.4, -0.2) is 73.9 Å². The average Bonchev–Trinajstić information content (AvgIpc) is 2.46. The predicted molar refractivity (Wildman–Crippen MR) is 79.6 cm³/mol. The molecule has 2 aliphatic rings. The van der Waals surface area contributed by atoms with Crippen LogP contribution in [0, 0.1) is 0 Å². The van der Waals surface area contributed by atoms with E-state index in [0.717, 1.165) is 38.8 Å². The van der Waals surface area contributed by atoms with Crippen molar-refractivity contribution in [3.05, 3.63) is 0 Å². The van der Waals surface area contributed by atoms with Gasteiger partial charge in [-0.25, -0.2) is 0 Å². The Bertz CT molecular complexity index is 254. The molecule has 4 nitrogen and oxygen atoms in total. The molecule has 0 aliphatic carbocycles. The molecule has 2 saturated heterocycles. The molecule has 0 aromatic heterocycles. The Morgan fingerprint density at radius 2 is 2.05 bits per heavy atom. The lowest BCUT2D eigenvalue weighted by Gasteiger charge is -2.40. The van der Waals surface area contributed by atoms with Gasteiger partial charge in [0.05, 0.1) is 12.7 Å². The number of nitrogens with zero attached hydrogens (tertiary/aromatic N) is 2. The van der Waals surface area contributed by atoms with Gasteiger partial charge in [-0.2, -0.15) is 0 Å². The molecular weight excluding hydrogens is 238 g/mol. The van der Waals surface area contributed by atoms with Crippen LogP contribution < -0.4 is 5.32 Å². The van der Waals surface area contributed by atoms with Crippen molar-refractivity contribution in [1.29, 1.82) is 0 Å². The number of rotatable bonds is 5. The maximum Gasteiger partial charge on any atom is 0.0829 e. The van der Waals surface area contributed by atoms with Gasteiger partial charge < -0.3 is 10.1 Å². The Hall–Kier alpha value is -0.160. The molecule has 112 valence electrons. The second kappa shape index (κ2) is 7.58. The SMILES string of the molecule is CCN(CC1CN(C(C)C)CCO1)C1CCNCC1. The Balaban J connectivity index is 1.83. The van der Waals surface area contributed by atoms with Crippen molar-refractivity contribution >= 4 is 0 Å². The molecule has 0 aromatic carbocycles. The van der Waals surface area contributed by atoms with Gasteiger partial charge in [-0.1, -0.05) is 6.92 Å². The predicted octanol–water partition coefficient (Wildman–Crippen LogP) is 1.17. The van der Waals surface area contributed by atoms with E-state index >= 15 is 0 Å². The summed E-state index contributed by atoms with van der Waals surface area (Å²) in [4.78, 5) is 5.18. The molecule has 1 N–H and O–H groups in total. The first-order chi connectivity index (χ1) is 9.20. The van der Waals surface area contributed by atoms with E-state index in [1.807, 2.05) is 0 Å². The molecule has 2 aliphatic heterocycles. The first kappa shape index (κ1) is 15.2. The molecule has 1 atom stereocenters. The molecule has 19 heavy (non-hydrogen) atoms. The lowest BCUT2D eigenvalue weighted by Crippen LogP contribution is -2.52. The first-order valence-corrected chi connectivity index (χ1v) is 8.01. The summed E-state index contributed by atoms with van der Waals surface area (Å²) in [5.41, 5.74) is 0. The van der Waals surface area contributed by atoms with Crippen LogP contribution in [0.15, 0.2) is 0 Å². The summed E-state index contributed by atoms with van der Waals surface area (Å²) >= 11 is 0. The third-order valence-corrected chi connectivity index (χ3v) is 4.57. The second-order valence-electron chi connectivity index (χ2n) is 6.15. The summed E-state index contributed by atoms with van der Waals surface area (Å²) in [5, 5.41) is 3.45. The molecule has 2 rings (SSSR count). The number of hydrogen-bond acceptors (Lipinski definition) is 4. The van der Waals surface area contributed by atoms with E-state index in [4.69, 9.17) is 4.74 Å². The lowest BCUT2D eigenvalue weighted by molar-refractivity contribution is -0.0576. The minimum atomic E-state index is 0.394. The third-order valence-electron chi connectivity index (χ3n) is 4.57. The average molecular weight is 269 g/mol. The van der Waals surface area contributed by atoms with Crippen molar-refractivity contribution in [2.24, 2.45) is 0 Å². The van der Waals surface area contributed by atoms with Crippen LogP contribution in [0.1, 0.15) is 33.6 Å². The Morgan fingerprint density at radius 1 is 1.32 bits per heavy atom. The number of nitrogens with one attached hydrogen (secondary N) is 1. The topological polar surface area (TPSA) is 27.7 Å². The van der Waals surface area contributed by atoms with Crippen LogP contribution in [0.25, 0.3) is 0 Å². The van der Waals surface area contributed by atoms with Gasteiger partial charge in [-0.15, -0.1) is 0 Å². The highest BCUT2D eigenvalue weighted by Crippen LogP contribution is 2.15. The van der Waals surface area contributed by atoms with Crippen LogP contribution in [0.2, 0.25) is 0 Å². The maximum atomic E-state index is 5.98. The van der Waals surface area contributed by atoms with Crippen LogP contribution in [0.4, 0.5) is 0 Å². The van der Waals surface area contributed by atoms with Crippen LogP contribution >= 0.6 is 0 Å². The van der Waals surface area contributed by atoms with Gasteiger partial charge in [0.15, 0.2) is 0 Å². The van der Waals surface area contributed by atoms with Gasteiger partial charge in [0, 0.05) is 31.7 Å². The van der Waals surface area contributed by atoms with Gasteiger partial charge in [0.25, 0.3) is 0 Å². The number of ether oxygens (including phenoxy) is 1. The van der Waals surface area contributed by atoms with Crippen molar-refractivity contribution in [3.63, 3.8) is 0 Å². The quantitative estimate of drug-likeness (QED) is 0.811. The molecule has 4 heteroatoms. The summed E-state index contributed by atoms with van der Waals surface area (Å²) < 4.78 is 5.98. The number of likely N-dealkylation sites (N-methyl/N-ethyl adjacent to an activating group) is 1. The largest absolute Gasteiger partial charge is 0.374 e. The Kier molecular flexibility index (Phi) is 6.07. The fourth-order valence-corrected chi connectivity index (χ4v) is 3.29. The van der Waals surface area contributed by atoms with Crippen molar-refractivity contribution in [2.75, 3.05) is 45.9 Å². The molecule has 0 aromatic rings. The van der Waals surface area contributed by atoms with Gasteiger partial charge in [0.1, 0.15) is 0 Å². The molecule has 0 spiro atoms. The summed E-state index contributed by atoms with van der Waals surface area (Å²) in [6, 6.07) is 1.39. The zero-order valence-corrected chi connectivity index (χ0v) is 12.9. The fourth-order valence-electron chi connectivity index (χ4n) is 3.29. The van der Waals surface area contributed by atoms with Crippen LogP contribution in [-0.2, 0) is 4.74 Å². The lowest BCUT2D eigenvalue weighted by atomic mass is 10.0. The van der Waals surface area contributed by atoms with Crippen molar-refractivity contribution in [2.45, 2.75) is 51.8 Å². The minimum absolute atomic E-state index is 0.394. The fraction of sp³-hybridized carbons (Fsp3) is 1.00. The smallest absolute Gasteiger partial charge is 0.0829 e. The minimum Gasteiger partial charge on any atom is -0.374 e. The van der Waals surface area contributed by atoms with Crippen LogP contribution in [0.3, 0.4) is 0 Å². The summed E-state index contributed by atoms with van der Waals surface area (Å²) in [5.74, 6) is 0. The first-order valence-electron chi connectivity index (χ1n) is 8.01. The number of hydrogen-bond donors (Lipinski definition) is 1. The van der Waals surface area contributed by atoms with Gasteiger partial charge in [-0.05, 0) is 46.3 Å². The summed E-state index contributed by atoms with van der Waals surface area (Å²) in [6.07, 6.45) is 2.97. The zero-order valence-electron chi connectivity index (χ0n) is 12.9. The van der Waals surface area contributed by atoms with Crippen molar-refractivity contribution < 1.29 is 4.74 Å². The molecule has 1 unspecified atom stereocenters. The molecule has 0 saturated carbocycles. The van der Waals surface area contributed by atoms with Crippen molar-refractivity contribution in [1.82, 2.24) is 15.1 Å². The highest BCUT2D eigenvalue weighted by molar-refractivity contribution is 4.82. The highest BCUT2D eigenvalue weighted by Gasteiger charge is 2.27. The second-order valence-corrected chi connectivity index (χ2v) is 6.15. The molecule has 0 radical (unpaired) electrons. The highest BCUT2D eigenvalue weighted by atomic mass is 16.5. The van der Waals surface area contributed by atoms with Gasteiger partial charge in [-0.3, -0.25) is 9.80 Å². The molecule has 0 bridgehead atoms. The molecular formula is C15H31N3O. The van der Waals surface area contributed by atoms with E-state index in [0.29, 0.717) is 12.1 Å². The van der Waals surface area contributed by atoms with E-state index in [2.05, 4.69) is 35.9 Å². The van der Waals surface area contributed by atoms with E-state index in [9.17, 15) is 0 Å². The zero-order chi connectivity index (χ0) is 13.7. The van der Waals surface area contributed by atoms with Gasteiger partial charge >= 0.3 is 0 Å². The van der Waals surface area contributed by atoms with Crippen LogP contribution in [0.5, 0.6) is 0 Å². The van der Waals surface area contributed by atoms with Gasteiger partial charge in [0.2, 0.25) is 0 Å². The van der Waals surface area contributed by atoms with E-state index in [1.165, 1.54) is 25.9 Å². The summed E-state index contributed by atoms with van der Waals surface area (Å²) in [7, 11) is 0. The number of piperidine rings is 1. The summed E-state index contributed by atoms with van der Waals surface area (Å²) in [6.45, 7) is 14.5. The molecule has 0 amide bonds. The number of morpholine rings is 1. The van der Waals surface area contributed by atoms with E-state index in [-0.39, 0.29) is 0 Å².